The van der Waals surface area contributed by atoms with Crippen molar-refractivity contribution in [3.05, 3.63) is 83.4 Å². The van der Waals surface area contributed by atoms with Gasteiger partial charge in [-0.15, -0.1) is 0 Å². The molecule has 8 nitrogen and oxygen atoms in total. The minimum Gasteiger partial charge on any atom is -0.491 e. The molecule has 0 radical (unpaired) electrons. The molecule has 252 valence electrons. The molecular weight excluding hydrogens is 590 g/mol. The van der Waals surface area contributed by atoms with Crippen LogP contribution in [0.2, 0.25) is 0 Å². The van der Waals surface area contributed by atoms with Gasteiger partial charge in [-0.25, -0.2) is 0 Å². The average molecular weight is 642 g/mol. The van der Waals surface area contributed by atoms with E-state index in [1.165, 1.54) is 5.56 Å². The summed E-state index contributed by atoms with van der Waals surface area (Å²) >= 11 is 0. The second kappa shape index (κ2) is 18.0. The number of rotatable bonds is 16. The van der Waals surface area contributed by atoms with Gasteiger partial charge in [-0.1, -0.05) is 37.3 Å². The summed E-state index contributed by atoms with van der Waals surface area (Å²) in [5.41, 5.74) is 7.12. The number of benzene rings is 3. The number of nitrogens with zero attached hydrogens (tertiary/aromatic N) is 2. The van der Waals surface area contributed by atoms with Crippen molar-refractivity contribution in [1.82, 2.24) is 4.90 Å². The van der Waals surface area contributed by atoms with E-state index >= 15 is 0 Å². The molecule has 5 rings (SSSR count). The molecule has 8 heteroatoms. The fraction of sp³-hybridized carbons (Fsp3) is 0.462. The molecule has 0 bridgehead atoms. The van der Waals surface area contributed by atoms with Crippen molar-refractivity contribution in [3.63, 3.8) is 0 Å². The van der Waals surface area contributed by atoms with Crippen LogP contribution in [0.5, 0.6) is 5.75 Å². The van der Waals surface area contributed by atoms with Crippen LogP contribution in [0.25, 0.3) is 17.2 Å². The van der Waals surface area contributed by atoms with Crippen LogP contribution in [0.1, 0.15) is 50.7 Å². The van der Waals surface area contributed by atoms with Crippen molar-refractivity contribution >= 4 is 23.4 Å². The van der Waals surface area contributed by atoms with Crippen LogP contribution in [0, 0.1) is 0 Å². The quantitative estimate of drug-likeness (QED) is 0.168. The molecule has 1 fully saturated rings. The summed E-state index contributed by atoms with van der Waals surface area (Å²) < 4.78 is 22.6. The fourth-order valence-corrected chi connectivity index (χ4v) is 6.16. The molecule has 0 unspecified atom stereocenters. The van der Waals surface area contributed by atoms with Crippen LogP contribution in [-0.4, -0.2) is 83.2 Å². The van der Waals surface area contributed by atoms with Crippen LogP contribution in [0.3, 0.4) is 0 Å². The summed E-state index contributed by atoms with van der Waals surface area (Å²) in [6.07, 6.45) is 5.85. The first kappa shape index (κ1) is 34.6. The van der Waals surface area contributed by atoms with Gasteiger partial charge in [0.2, 0.25) is 0 Å². The Morgan fingerprint density at radius 3 is 2.43 bits per heavy atom. The second-order valence-corrected chi connectivity index (χ2v) is 12.3. The molecule has 1 N–H and O–H groups in total. The highest BCUT2D eigenvalue weighted by Gasteiger charge is 2.21. The number of anilines is 2. The van der Waals surface area contributed by atoms with E-state index in [-0.39, 0.29) is 5.91 Å². The number of carbonyl (C=O) groups excluding carboxylic acids is 1. The summed E-state index contributed by atoms with van der Waals surface area (Å²) in [6.45, 7) is 11.4. The van der Waals surface area contributed by atoms with Gasteiger partial charge in [-0.2, -0.15) is 0 Å². The minimum atomic E-state index is -0.0653. The van der Waals surface area contributed by atoms with E-state index in [1.54, 1.807) is 0 Å². The number of ether oxygens (including phenoxy) is 4. The van der Waals surface area contributed by atoms with Gasteiger partial charge in [-0.3, -0.25) is 9.69 Å². The highest BCUT2D eigenvalue weighted by Crippen LogP contribution is 2.33. The zero-order valence-corrected chi connectivity index (χ0v) is 28.3. The lowest BCUT2D eigenvalue weighted by Gasteiger charge is -2.31. The number of amides is 1. The monoisotopic (exact) mass is 641 g/mol. The normalized spacial score (nSPS) is 15.2. The predicted octanol–water partition coefficient (Wildman–Crippen LogP) is 7.04. The molecule has 0 saturated carbocycles. The third kappa shape index (κ3) is 10.1. The van der Waals surface area contributed by atoms with Crippen LogP contribution in [0.4, 0.5) is 11.4 Å². The van der Waals surface area contributed by atoms with E-state index in [0.717, 1.165) is 98.1 Å². The van der Waals surface area contributed by atoms with Crippen molar-refractivity contribution in [1.29, 1.82) is 0 Å². The SMILES string of the molecule is CCCOCCOc1ccc(-c2ccc3c(c2)C=C(C(=O)Nc2ccc(CN(C)C4CCOCC4)cc2)CCN3CCOCC)cc1. The zero-order valence-electron chi connectivity index (χ0n) is 28.3. The summed E-state index contributed by atoms with van der Waals surface area (Å²) in [4.78, 5) is 18.4. The van der Waals surface area contributed by atoms with Crippen LogP contribution < -0.4 is 15.0 Å². The molecule has 47 heavy (non-hydrogen) atoms. The van der Waals surface area contributed by atoms with Crippen LogP contribution >= 0.6 is 0 Å². The molecule has 0 spiro atoms. The summed E-state index contributed by atoms with van der Waals surface area (Å²) in [6, 6.07) is 23.4. The number of hydrogen-bond donors (Lipinski definition) is 1. The highest BCUT2D eigenvalue weighted by atomic mass is 16.5. The smallest absolute Gasteiger partial charge is 0.251 e. The minimum absolute atomic E-state index is 0.0653. The standard InChI is InChI=1S/C39H51N3O5/c1-4-21-45-25-26-47-37-13-8-31(9-14-37)32-10-15-38-34(27-32)28-33(16-19-42(38)20-24-44-5-2)39(43)40-35-11-6-30(7-12-35)29-41(3)36-17-22-46-23-18-36/h6-15,27-28,36H,4-5,16-26,29H2,1-3H3,(H,40,43). The number of nitrogens with one attached hydrogen (secondary N) is 1. The molecule has 2 aliphatic heterocycles. The lowest BCUT2D eigenvalue weighted by Crippen LogP contribution is -2.36. The fourth-order valence-electron chi connectivity index (χ4n) is 6.16. The van der Waals surface area contributed by atoms with Gasteiger partial charge in [0.25, 0.3) is 5.91 Å². The Morgan fingerprint density at radius 2 is 1.68 bits per heavy atom. The molecular formula is C39H51N3O5. The summed E-state index contributed by atoms with van der Waals surface area (Å²) in [7, 11) is 2.18. The molecule has 0 aromatic heterocycles. The van der Waals surface area contributed by atoms with E-state index in [2.05, 4.69) is 77.6 Å². The molecule has 3 aromatic rings. The number of hydrogen-bond acceptors (Lipinski definition) is 7. The zero-order chi connectivity index (χ0) is 32.8. The molecule has 0 atom stereocenters. The first-order valence-electron chi connectivity index (χ1n) is 17.2. The summed E-state index contributed by atoms with van der Waals surface area (Å²) in [5.74, 6) is 0.758. The van der Waals surface area contributed by atoms with Gasteiger partial charge in [0, 0.05) is 69.1 Å². The molecule has 3 aromatic carbocycles. The lowest BCUT2D eigenvalue weighted by atomic mass is 10.00. The number of fused-ring (bicyclic) bond motifs is 1. The Hall–Kier alpha value is -3.69. The van der Waals surface area contributed by atoms with Gasteiger partial charge in [0.15, 0.2) is 0 Å². The maximum atomic E-state index is 13.6. The van der Waals surface area contributed by atoms with E-state index in [1.807, 2.05) is 31.2 Å². The van der Waals surface area contributed by atoms with Crippen LogP contribution in [0.15, 0.2) is 72.3 Å². The Morgan fingerprint density at radius 1 is 0.915 bits per heavy atom. The van der Waals surface area contributed by atoms with E-state index in [0.29, 0.717) is 38.9 Å². The molecule has 1 saturated heterocycles. The average Bonchev–Trinajstić information content (AvgIpc) is 3.29. The van der Waals surface area contributed by atoms with Crippen molar-refractivity contribution in [3.8, 4) is 16.9 Å². The second-order valence-electron chi connectivity index (χ2n) is 12.3. The third-order valence-corrected chi connectivity index (χ3v) is 8.84. The van der Waals surface area contributed by atoms with Crippen molar-refractivity contribution < 1.29 is 23.7 Å². The number of carbonyl (C=O) groups is 1. The highest BCUT2D eigenvalue weighted by molar-refractivity contribution is 6.07. The topological polar surface area (TPSA) is 72.5 Å². The summed E-state index contributed by atoms with van der Waals surface area (Å²) in [5, 5.41) is 3.16. The van der Waals surface area contributed by atoms with E-state index < -0.39 is 0 Å². The van der Waals surface area contributed by atoms with Crippen LogP contribution in [-0.2, 0) is 25.5 Å². The Bertz CT molecular complexity index is 1430. The van der Waals surface area contributed by atoms with E-state index in [9.17, 15) is 4.79 Å². The van der Waals surface area contributed by atoms with E-state index in [4.69, 9.17) is 18.9 Å². The first-order chi connectivity index (χ1) is 23.0. The lowest BCUT2D eigenvalue weighted by molar-refractivity contribution is -0.112. The Labute approximate surface area is 280 Å². The molecule has 2 heterocycles. The molecule has 1 amide bonds. The maximum Gasteiger partial charge on any atom is 0.251 e. The van der Waals surface area contributed by atoms with Gasteiger partial charge in [-0.05, 0) is 104 Å². The van der Waals surface area contributed by atoms with Crippen molar-refractivity contribution in [2.24, 2.45) is 0 Å². The Kier molecular flexibility index (Phi) is 13.3. The van der Waals surface area contributed by atoms with Crippen molar-refractivity contribution in [2.75, 3.05) is 76.6 Å². The first-order valence-corrected chi connectivity index (χ1v) is 17.2. The third-order valence-electron chi connectivity index (χ3n) is 8.84. The predicted molar refractivity (Wildman–Crippen MR) is 190 cm³/mol. The Balaban J connectivity index is 1.28. The van der Waals surface area contributed by atoms with Gasteiger partial charge >= 0.3 is 0 Å². The van der Waals surface area contributed by atoms with Gasteiger partial charge in [0.1, 0.15) is 12.4 Å². The molecule has 2 aliphatic rings. The van der Waals surface area contributed by atoms with Gasteiger partial charge < -0.3 is 29.2 Å². The largest absolute Gasteiger partial charge is 0.491 e. The van der Waals surface area contributed by atoms with Crippen molar-refractivity contribution in [2.45, 2.75) is 52.1 Å². The molecule has 0 aliphatic carbocycles. The maximum absolute atomic E-state index is 13.6. The van der Waals surface area contributed by atoms with Gasteiger partial charge in [0.05, 0.1) is 13.2 Å².